The number of piperidine rings is 1. The Morgan fingerprint density at radius 2 is 1.67 bits per heavy atom. The van der Waals surface area contributed by atoms with Crippen LogP contribution in [0.3, 0.4) is 0 Å². The minimum Gasteiger partial charge on any atom is -0.493 e. The normalized spacial score (nSPS) is 13.7. The van der Waals surface area contributed by atoms with E-state index in [1.807, 2.05) is 18.2 Å². The zero-order valence-electron chi connectivity index (χ0n) is 25.1. The maximum Gasteiger partial charge on any atom is 0.255 e. The van der Waals surface area contributed by atoms with E-state index in [1.165, 1.54) is 19.2 Å². The molecule has 0 unspecified atom stereocenters. The molecule has 244 valence electrons. The van der Waals surface area contributed by atoms with Crippen molar-refractivity contribution in [3.05, 3.63) is 102 Å². The van der Waals surface area contributed by atoms with Gasteiger partial charge in [0.15, 0.2) is 11.5 Å². The van der Waals surface area contributed by atoms with E-state index in [4.69, 9.17) is 9.47 Å². The number of methoxy groups -OCH3 is 1. The summed E-state index contributed by atoms with van der Waals surface area (Å²) in [5.74, 6) is -0.862. The quantitative estimate of drug-likeness (QED) is 0.170. The Kier molecular flexibility index (Phi) is 11.4. The highest BCUT2D eigenvalue weighted by molar-refractivity contribution is 7.92. The van der Waals surface area contributed by atoms with Crippen LogP contribution in [0, 0.1) is 11.6 Å². The van der Waals surface area contributed by atoms with Gasteiger partial charge in [0.05, 0.1) is 24.7 Å². The average molecular weight is 674 g/mol. The number of benzene rings is 3. The summed E-state index contributed by atoms with van der Waals surface area (Å²) in [6, 6.07) is 18.7. The second-order valence-corrected chi connectivity index (χ2v) is 12.4. The fourth-order valence-electron chi connectivity index (χ4n) is 4.94. The van der Waals surface area contributed by atoms with Crippen LogP contribution in [0.25, 0.3) is 0 Å². The summed E-state index contributed by atoms with van der Waals surface area (Å²) in [6.07, 6.45) is 4.72. The maximum absolute atomic E-state index is 13.9. The Morgan fingerprint density at radius 3 is 2.30 bits per heavy atom. The van der Waals surface area contributed by atoms with Crippen LogP contribution >= 0.6 is 12.4 Å². The molecular weight excluding hydrogens is 640 g/mol. The molecule has 0 aliphatic carbocycles. The first-order valence-corrected chi connectivity index (χ1v) is 16.1. The molecule has 1 aromatic heterocycles. The number of aromatic nitrogens is 1. The van der Waals surface area contributed by atoms with Crippen LogP contribution in [0.4, 0.5) is 25.8 Å². The molecule has 0 spiro atoms. The minimum absolute atomic E-state index is 0. The summed E-state index contributed by atoms with van der Waals surface area (Å²) in [6.45, 7) is 2.53. The van der Waals surface area contributed by atoms with Crippen molar-refractivity contribution in [3.63, 3.8) is 0 Å². The molecule has 3 aromatic carbocycles. The molecule has 1 amide bonds. The van der Waals surface area contributed by atoms with E-state index >= 15 is 0 Å². The Labute approximate surface area is 272 Å². The van der Waals surface area contributed by atoms with Crippen LogP contribution < -0.4 is 24.8 Å². The van der Waals surface area contributed by atoms with Gasteiger partial charge in [0.25, 0.3) is 5.91 Å². The third-order valence-electron chi connectivity index (χ3n) is 7.17. The SMILES string of the molecule is COc1cc(NS(C)(=O)=O)ccc1Oc1ccc(CN2CCC(Nc3ccc(C(=O)Nc4ccc(F)cc4F)cc3)CC2)cn1.Cl. The van der Waals surface area contributed by atoms with Gasteiger partial charge < -0.3 is 20.1 Å². The van der Waals surface area contributed by atoms with Gasteiger partial charge in [0, 0.05) is 61.3 Å². The van der Waals surface area contributed by atoms with Gasteiger partial charge >= 0.3 is 0 Å². The van der Waals surface area contributed by atoms with Crippen LogP contribution in [-0.4, -0.2) is 56.7 Å². The Bertz CT molecular complexity index is 1750. The lowest BCUT2D eigenvalue weighted by molar-refractivity contribution is 0.102. The summed E-state index contributed by atoms with van der Waals surface area (Å²) in [7, 11) is -1.94. The predicted molar refractivity (Wildman–Crippen MR) is 176 cm³/mol. The van der Waals surface area contributed by atoms with Crippen molar-refractivity contribution < 1.29 is 31.5 Å². The highest BCUT2D eigenvalue weighted by atomic mass is 35.5. The van der Waals surface area contributed by atoms with E-state index in [2.05, 4.69) is 25.2 Å². The lowest BCUT2D eigenvalue weighted by atomic mass is 10.0. The number of hydrogen-bond acceptors (Lipinski definition) is 8. The van der Waals surface area contributed by atoms with Gasteiger partial charge in [-0.2, -0.15) is 0 Å². The van der Waals surface area contributed by atoms with E-state index in [0.29, 0.717) is 28.6 Å². The van der Waals surface area contributed by atoms with Crippen LogP contribution in [0.5, 0.6) is 17.4 Å². The first-order valence-electron chi connectivity index (χ1n) is 14.2. The van der Waals surface area contributed by atoms with E-state index in [9.17, 15) is 22.0 Å². The maximum atomic E-state index is 13.9. The number of carbonyl (C=O) groups is 1. The molecule has 0 radical (unpaired) electrons. The number of hydrogen-bond donors (Lipinski definition) is 3. The van der Waals surface area contributed by atoms with E-state index in [1.54, 1.807) is 36.5 Å². The molecule has 1 fully saturated rings. The number of pyridine rings is 1. The van der Waals surface area contributed by atoms with E-state index < -0.39 is 27.6 Å². The van der Waals surface area contributed by atoms with Gasteiger partial charge in [-0.1, -0.05) is 6.07 Å². The van der Waals surface area contributed by atoms with Crippen LogP contribution in [0.1, 0.15) is 28.8 Å². The molecule has 1 saturated heterocycles. The number of nitrogens with one attached hydrogen (secondary N) is 3. The monoisotopic (exact) mass is 673 g/mol. The molecule has 3 N–H and O–H groups in total. The Balaban J connectivity index is 0.00000480. The zero-order valence-corrected chi connectivity index (χ0v) is 26.8. The number of likely N-dealkylation sites (tertiary alicyclic amines) is 1. The number of anilines is 3. The Hall–Kier alpha value is -4.46. The van der Waals surface area contributed by atoms with Gasteiger partial charge in [-0.05, 0) is 66.9 Å². The molecule has 0 bridgehead atoms. The number of amides is 1. The van der Waals surface area contributed by atoms with Crippen molar-refractivity contribution in [1.29, 1.82) is 0 Å². The number of carbonyl (C=O) groups excluding carboxylic acids is 1. The lowest BCUT2D eigenvalue weighted by Gasteiger charge is -2.32. The molecule has 0 saturated carbocycles. The van der Waals surface area contributed by atoms with Crippen LogP contribution in [0.2, 0.25) is 0 Å². The summed E-state index contributed by atoms with van der Waals surface area (Å²) in [5.41, 5.74) is 2.58. The zero-order chi connectivity index (χ0) is 32.0. The smallest absolute Gasteiger partial charge is 0.255 e. The lowest BCUT2D eigenvalue weighted by Crippen LogP contribution is -2.38. The highest BCUT2D eigenvalue weighted by Gasteiger charge is 2.20. The second kappa shape index (κ2) is 15.2. The van der Waals surface area contributed by atoms with Gasteiger partial charge in [0.1, 0.15) is 11.6 Å². The third kappa shape index (κ3) is 9.52. The predicted octanol–water partition coefficient (Wildman–Crippen LogP) is 6.28. The largest absolute Gasteiger partial charge is 0.493 e. The Morgan fingerprint density at radius 1 is 0.957 bits per heavy atom. The standard InChI is InChI=1S/C32H33F2N5O5S.ClH/c1-43-30-18-26(38-45(2,41)42)9-11-29(30)44-31-12-3-21(19-35-31)20-39-15-13-25(14-16-39)36-24-7-4-22(5-8-24)32(40)37-28-10-6-23(33)17-27(28)34;/h3-12,17-19,25,36,38H,13-16,20H2,1-2H3,(H,37,40);1H. The van der Waals surface area contributed by atoms with Gasteiger partial charge in [-0.15, -0.1) is 12.4 Å². The van der Waals surface area contributed by atoms with Crippen molar-refractivity contribution in [2.75, 3.05) is 41.8 Å². The van der Waals surface area contributed by atoms with Gasteiger partial charge in [0.2, 0.25) is 15.9 Å². The van der Waals surface area contributed by atoms with E-state index in [0.717, 1.165) is 62.1 Å². The van der Waals surface area contributed by atoms with Crippen LogP contribution in [-0.2, 0) is 16.6 Å². The molecule has 0 atom stereocenters. The van der Waals surface area contributed by atoms with E-state index in [-0.39, 0.29) is 24.1 Å². The van der Waals surface area contributed by atoms with Crippen molar-refractivity contribution in [1.82, 2.24) is 9.88 Å². The molecule has 1 aliphatic heterocycles. The summed E-state index contributed by atoms with van der Waals surface area (Å²) < 4.78 is 63.6. The molecule has 5 rings (SSSR count). The first kappa shape index (κ1) is 34.4. The number of sulfonamides is 1. The van der Waals surface area contributed by atoms with Crippen molar-refractivity contribution in [2.24, 2.45) is 0 Å². The second-order valence-electron chi connectivity index (χ2n) is 10.7. The van der Waals surface area contributed by atoms with Crippen molar-refractivity contribution in [2.45, 2.75) is 25.4 Å². The first-order chi connectivity index (χ1) is 21.5. The third-order valence-corrected chi connectivity index (χ3v) is 7.78. The van der Waals surface area contributed by atoms with Crippen molar-refractivity contribution >= 4 is 45.4 Å². The number of rotatable bonds is 11. The topological polar surface area (TPSA) is 122 Å². The molecule has 10 nitrogen and oxygen atoms in total. The highest BCUT2D eigenvalue weighted by Crippen LogP contribution is 2.33. The summed E-state index contributed by atoms with van der Waals surface area (Å²) >= 11 is 0. The fraction of sp³-hybridized carbons (Fsp3) is 0.250. The molecule has 4 aromatic rings. The number of nitrogens with zero attached hydrogens (tertiary/aromatic N) is 2. The number of halogens is 3. The number of ether oxygens (including phenoxy) is 2. The van der Waals surface area contributed by atoms with Crippen LogP contribution in [0.15, 0.2) is 79.0 Å². The average Bonchev–Trinajstić information content (AvgIpc) is 3.01. The molecule has 46 heavy (non-hydrogen) atoms. The molecule has 1 aliphatic rings. The van der Waals surface area contributed by atoms with Gasteiger partial charge in [-0.3, -0.25) is 14.4 Å². The van der Waals surface area contributed by atoms with Crippen molar-refractivity contribution in [3.8, 4) is 17.4 Å². The summed E-state index contributed by atoms with van der Waals surface area (Å²) in [4.78, 5) is 19.3. The summed E-state index contributed by atoms with van der Waals surface area (Å²) in [5, 5.41) is 5.98. The van der Waals surface area contributed by atoms with Gasteiger partial charge in [-0.25, -0.2) is 22.2 Å². The molecular formula is C32H34ClF2N5O5S. The molecule has 2 heterocycles. The minimum atomic E-state index is -3.42. The molecule has 14 heteroatoms. The fourth-order valence-corrected chi connectivity index (χ4v) is 5.49.